The van der Waals surface area contributed by atoms with Gasteiger partial charge in [-0.05, 0) is 12.2 Å². The summed E-state index contributed by atoms with van der Waals surface area (Å²) in [5.41, 5.74) is 0. The van der Waals surface area contributed by atoms with Gasteiger partial charge in [-0.2, -0.15) is 11.8 Å². The van der Waals surface area contributed by atoms with Crippen molar-refractivity contribution < 1.29 is 0 Å². The van der Waals surface area contributed by atoms with E-state index < -0.39 is 0 Å². The van der Waals surface area contributed by atoms with Crippen LogP contribution in [0.2, 0.25) is 0 Å². The zero-order valence-corrected chi connectivity index (χ0v) is 6.53. The molecule has 0 radical (unpaired) electrons. The van der Waals surface area contributed by atoms with E-state index in [1.807, 2.05) is 11.8 Å². The van der Waals surface area contributed by atoms with Crippen LogP contribution in [0.3, 0.4) is 0 Å². The summed E-state index contributed by atoms with van der Waals surface area (Å²) in [6.07, 6.45) is 9.97. The Bertz CT molecular complexity index is 125. The Labute approximate surface area is 61.0 Å². The molecule has 0 saturated carbocycles. The SMILES string of the molecule is CCSC1C=CC=CC1. The largest absolute Gasteiger partial charge is 0.154 e. The quantitative estimate of drug-likeness (QED) is 0.568. The molecule has 0 fully saturated rings. The van der Waals surface area contributed by atoms with Crippen LogP contribution in [-0.2, 0) is 0 Å². The Morgan fingerprint density at radius 2 is 2.44 bits per heavy atom. The van der Waals surface area contributed by atoms with Crippen molar-refractivity contribution in [2.24, 2.45) is 0 Å². The summed E-state index contributed by atoms with van der Waals surface area (Å²) in [6.45, 7) is 2.21. The van der Waals surface area contributed by atoms with Crippen molar-refractivity contribution >= 4 is 11.8 Å². The highest BCUT2D eigenvalue weighted by atomic mass is 32.2. The average Bonchev–Trinajstić information content (AvgIpc) is 1.91. The highest BCUT2D eigenvalue weighted by molar-refractivity contribution is 8.00. The summed E-state index contributed by atoms with van der Waals surface area (Å²) in [6, 6.07) is 0. The third-order valence-corrected chi connectivity index (χ3v) is 2.43. The molecule has 0 aromatic heterocycles. The van der Waals surface area contributed by atoms with Crippen molar-refractivity contribution in [2.45, 2.75) is 18.6 Å². The first-order valence-corrected chi connectivity index (χ1v) is 4.43. The Balaban J connectivity index is 2.28. The van der Waals surface area contributed by atoms with Crippen LogP contribution in [-0.4, -0.2) is 11.0 Å². The fourth-order valence-corrected chi connectivity index (χ4v) is 1.77. The molecule has 9 heavy (non-hydrogen) atoms. The predicted molar refractivity (Wildman–Crippen MR) is 44.8 cm³/mol. The third kappa shape index (κ3) is 2.27. The number of allylic oxidation sites excluding steroid dienone is 3. The molecule has 0 nitrogen and oxygen atoms in total. The summed E-state index contributed by atoms with van der Waals surface area (Å²) >= 11 is 2.01. The normalized spacial score (nSPS) is 24.8. The number of thioether (sulfide) groups is 1. The second kappa shape index (κ2) is 3.78. The zero-order valence-electron chi connectivity index (χ0n) is 5.71. The summed E-state index contributed by atoms with van der Waals surface area (Å²) in [5, 5.41) is 0.750. The van der Waals surface area contributed by atoms with E-state index in [-0.39, 0.29) is 0 Å². The van der Waals surface area contributed by atoms with Gasteiger partial charge >= 0.3 is 0 Å². The lowest BCUT2D eigenvalue weighted by molar-refractivity contribution is 1.05. The molecule has 0 N–H and O–H groups in total. The molecule has 1 heteroatoms. The van der Waals surface area contributed by atoms with E-state index in [9.17, 15) is 0 Å². The van der Waals surface area contributed by atoms with E-state index >= 15 is 0 Å². The first-order chi connectivity index (χ1) is 4.43. The molecule has 1 rings (SSSR count). The van der Waals surface area contributed by atoms with Crippen LogP contribution in [0, 0.1) is 0 Å². The van der Waals surface area contributed by atoms with Gasteiger partial charge in [-0.3, -0.25) is 0 Å². The van der Waals surface area contributed by atoms with Crippen molar-refractivity contribution in [3.05, 3.63) is 24.3 Å². The lowest BCUT2D eigenvalue weighted by atomic mass is 10.2. The fourth-order valence-electron chi connectivity index (χ4n) is 0.896. The van der Waals surface area contributed by atoms with Gasteiger partial charge in [0, 0.05) is 5.25 Å². The molecule has 0 aromatic carbocycles. The molecule has 1 aliphatic rings. The van der Waals surface area contributed by atoms with Gasteiger partial charge in [0.25, 0.3) is 0 Å². The molecule has 0 bridgehead atoms. The van der Waals surface area contributed by atoms with Gasteiger partial charge in [0.1, 0.15) is 0 Å². The monoisotopic (exact) mass is 140 g/mol. The Kier molecular flexibility index (Phi) is 2.92. The van der Waals surface area contributed by atoms with Crippen LogP contribution in [0.25, 0.3) is 0 Å². The molecule has 0 heterocycles. The maximum Gasteiger partial charge on any atom is 0.0264 e. The summed E-state index contributed by atoms with van der Waals surface area (Å²) in [5.74, 6) is 1.23. The minimum atomic E-state index is 0.750. The van der Waals surface area contributed by atoms with Gasteiger partial charge < -0.3 is 0 Å². The van der Waals surface area contributed by atoms with Crippen LogP contribution in [0.15, 0.2) is 24.3 Å². The Hall–Kier alpha value is -0.170. The number of hydrogen-bond acceptors (Lipinski definition) is 1. The predicted octanol–water partition coefficient (Wildman–Crippen LogP) is 2.62. The highest BCUT2D eigenvalue weighted by Crippen LogP contribution is 2.18. The summed E-state index contributed by atoms with van der Waals surface area (Å²) < 4.78 is 0. The third-order valence-electron chi connectivity index (χ3n) is 1.32. The lowest BCUT2D eigenvalue weighted by Crippen LogP contribution is -1.98. The molecule has 1 atom stereocenters. The Morgan fingerprint density at radius 3 is 3.00 bits per heavy atom. The average molecular weight is 140 g/mol. The minimum Gasteiger partial charge on any atom is -0.154 e. The van der Waals surface area contributed by atoms with Crippen molar-refractivity contribution in [3.63, 3.8) is 0 Å². The van der Waals surface area contributed by atoms with Crippen molar-refractivity contribution in [3.8, 4) is 0 Å². The van der Waals surface area contributed by atoms with E-state index in [0.717, 1.165) is 5.25 Å². The van der Waals surface area contributed by atoms with Crippen LogP contribution in [0.5, 0.6) is 0 Å². The van der Waals surface area contributed by atoms with E-state index in [2.05, 4.69) is 31.2 Å². The van der Waals surface area contributed by atoms with Crippen LogP contribution >= 0.6 is 11.8 Å². The van der Waals surface area contributed by atoms with Crippen molar-refractivity contribution in [2.75, 3.05) is 5.75 Å². The second-order valence-corrected chi connectivity index (χ2v) is 3.56. The van der Waals surface area contributed by atoms with Crippen molar-refractivity contribution in [1.29, 1.82) is 0 Å². The van der Waals surface area contributed by atoms with Crippen LogP contribution in [0.1, 0.15) is 13.3 Å². The zero-order chi connectivity index (χ0) is 6.53. The lowest BCUT2D eigenvalue weighted by Gasteiger charge is -2.09. The molecule has 50 valence electrons. The van der Waals surface area contributed by atoms with Gasteiger partial charge in [0.05, 0.1) is 0 Å². The molecule has 0 amide bonds. The van der Waals surface area contributed by atoms with Crippen LogP contribution < -0.4 is 0 Å². The maximum absolute atomic E-state index is 2.27. The molecule has 1 unspecified atom stereocenters. The Morgan fingerprint density at radius 1 is 1.56 bits per heavy atom. The molecule has 0 aromatic rings. The summed E-state index contributed by atoms with van der Waals surface area (Å²) in [7, 11) is 0. The summed E-state index contributed by atoms with van der Waals surface area (Å²) in [4.78, 5) is 0. The van der Waals surface area contributed by atoms with E-state index in [0.29, 0.717) is 0 Å². The molecule has 0 aliphatic heterocycles. The second-order valence-electron chi connectivity index (χ2n) is 2.04. The number of rotatable bonds is 2. The van der Waals surface area contributed by atoms with Gasteiger partial charge in [-0.25, -0.2) is 0 Å². The smallest absolute Gasteiger partial charge is 0.0264 e. The minimum absolute atomic E-state index is 0.750. The van der Waals surface area contributed by atoms with E-state index in [1.165, 1.54) is 12.2 Å². The molecular formula is C8H12S. The maximum atomic E-state index is 2.27. The first kappa shape index (κ1) is 6.94. The van der Waals surface area contributed by atoms with E-state index in [4.69, 9.17) is 0 Å². The van der Waals surface area contributed by atoms with Crippen molar-refractivity contribution in [1.82, 2.24) is 0 Å². The van der Waals surface area contributed by atoms with Crippen LogP contribution in [0.4, 0.5) is 0 Å². The fraction of sp³-hybridized carbons (Fsp3) is 0.500. The first-order valence-electron chi connectivity index (χ1n) is 3.38. The van der Waals surface area contributed by atoms with E-state index in [1.54, 1.807) is 0 Å². The standard InChI is InChI=1S/C8H12S/c1-2-9-8-6-4-3-5-7-8/h3-6,8H,2,7H2,1H3. The van der Waals surface area contributed by atoms with Gasteiger partial charge in [-0.1, -0.05) is 31.2 Å². The molecule has 1 aliphatic carbocycles. The van der Waals surface area contributed by atoms with Gasteiger partial charge in [0.15, 0.2) is 0 Å². The molecular weight excluding hydrogens is 128 g/mol. The molecule has 0 spiro atoms. The number of hydrogen-bond donors (Lipinski definition) is 0. The molecule has 0 saturated heterocycles. The highest BCUT2D eigenvalue weighted by Gasteiger charge is 2.01. The van der Waals surface area contributed by atoms with Gasteiger partial charge in [0.2, 0.25) is 0 Å². The van der Waals surface area contributed by atoms with Gasteiger partial charge in [-0.15, -0.1) is 0 Å². The topological polar surface area (TPSA) is 0 Å².